The lowest BCUT2D eigenvalue weighted by atomic mass is 9.85. The van der Waals surface area contributed by atoms with Gasteiger partial charge >= 0.3 is 0 Å². The van der Waals surface area contributed by atoms with Gasteiger partial charge in [0.05, 0.1) is 25.3 Å². The highest BCUT2D eigenvalue weighted by Crippen LogP contribution is 2.60. The van der Waals surface area contributed by atoms with Crippen LogP contribution in [-0.4, -0.2) is 24.8 Å². The SMILES string of the molecule is CC.COc1cc(C)nc2ccc(C34CC(C)OCC3C4)cc12. The molecule has 2 aromatic rings. The molecule has 0 amide bonds. The molecule has 2 heterocycles. The van der Waals surface area contributed by atoms with Gasteiger partial charge in [-0.05, 0) is 50.3 Å². The monoisotopic (exact) mass is 313 g/mol. The van der Waals surface area contributed by atoms with Crippen LogP contribution in [0, 0.1) is 12.8 Å². The third-order valence-corrected chi connectivity index (χ3v) is 5.16. The van der Waals surface area contributed by atoms with Crippen molar-refractivity contribution >= 4 is 10.9 Å². The molecular formula is C20H27NO2. The maximum absolute atomic E-state index is 5.79. The molecular weight excluding hydrogens is 286 g/mol. The lowest BCUT2D eigenvalue weighted by Gasteiger charge is -2.28. The molecule has 124 valence electrons. The molecule has 1 aliphatic carbocycles. The van der Waals surface area contributed by atoms with Crippen LogP contribution in [0.1, 0.15) is 44.9 Å². The molecule has 3 unspecified atom stereocenters. The third-order valence-electron chi connectivity index (χ3n) is 5.16. The van der Waals surface area contributed by atoms with Crippen molar-refractivity contribution in [1.82, 2.24) is 4.98 Å². The second-order valence-corrected chi connectivity index (χ2v) is 6.60. The van der Waals surface area contributed by atoms with Gasteiger partial charge in [-0.15, -0.1) is 0 Å². The fourth-order valence-electron chi connectivity index (χ4n) is 3.97. The zero-order valence-electron chi connectivity index (χ0n) is 14.8. The summed E-state index contributed by atoms with van der Waals surface area (Å²) in [4.78, 5) is 4.62. The number of hydrogen-bond acceptors (Lipinski definition) is 3. The van der Waals surface area contributed by atoms with E-state index < -0.39 is 0 Å². The summed E-state index contributed by atoms with van der Waals surface area (Å²) in [5.74, 6) is 1.61. The highest BCUT2D eigenvalue weighted by Gasteiger charge is 2.58. The van der Waals surface area contributed by atoms with Gasteiger partial charge < -0.3 is 9.47 Å². The van der Waals surface area contributed by atoms with Gasteiger partial charge in [0.15, 0.2) is 0 Å². The first-order valence-corrected chi connectivity index (χ1v) is 8.70. The zero-order chi connectivity index (χ0) is 16.6. The fraction of sp³-hybridized carbons (Fsp3) is 0.550. The number of nitrogens with zero attached hydrogens (tertiary/aromatic N) is 1. The van der Waals surface area contributed by atoms with Crippen molar-refractivity contribution in [2.24, 2.45) is 5.92 Å². The van der Waals surface area contributed by atoms with Crippen molar-refractivity contribution < 1.29 is 9.47 Å². The standard InChI is InChI=1S/C18H21NO2.C2H6/c1-11-6-17(20-3)15-7-13(4-5-16(15)19-11)18-8-12(2)21-10-14(18)9-18;1-2/h4-7,12,14H,8-10H2,1-3H3;1-2H3. The average molecular weight is 313 g/mol. The van der Waals surface area contributed by atoms with E-state index in [0.717, 1.165) is 35.4 Å². The number of fused-ring (bicyclic) bond motifs is 2. The molecule has 1 saturated carbocycles. The first-order valence-electron chi connectivity index (χ1n) is 8.70. The molecule has 1 aromatic heterocycles. The summed E-state index contributed by atoms with van der Waals surface area (Å²) in [6.07, 6.45) is 2.74. The Bertz CT molecular complexity index is 712. The molecule has 0 radical (unpaired) electrons. The molecule has 0 bridgehead atoms. The van der Waals surface area contributed by atoms with Crippen LogP contribution in [0.25, 0.3) is 10.9 Å². The van der Waals surface area contributed by atoms with Crippen LogP contribution < -0.4 is 4.74 Å². The lowest BCUT2D eigenvalue weighted by molar-refractivity contribution is 0.0146. The van der Waals surface area contributed by atoms with Crippen molar-refractivity contribution in [2.45, 2.75) is 52.1 Å². The Labute approximate surface area is 139 Å². The molecule has 1 saturated heterocycles. The van der Waals surface area contributed by atoms with Crippen LogP contribution in [-0.2, 0) is 10.2 Å². The largest absolute Gasteiger partial charge is 0.496 e. The highest BCUT2D eigenvalue weighted by molar-refractivity contribution is 5.86. The Morgan fingerprint density at radius 1 is 1.22 bits per heavy atom. The molecule has 1 aliphatic heterocycles. The number of hydrogen-bond donors (Lipinski definition) is 0. The highest BCUT2D eigenvalue weighted by atomic mass is 16.5. The van der Waals surface area contributed by atoms with Gasteiger partial charge in [-0.3, -0.25) is 4.98 Å². The summed E-state index contributed by atoms with van der Waals surface area (Å²) in [6, 6.07) is 8.70. The van der Waals surface area contributed by atoms with Gasteiger partial charge in [0.2, 0.25) is 0 Å². The van der Waals surface area contributed by atoms with Crippen LogP contribution in [0.15, 0.2) is 24.3 Å². The summed E-state index contributed by atoms with van der Waals surface area (Å²) in [7, 11) is 1.73. The maximum atomic E-state index is 5.79. The molecule has 3 atom stereocenters. The molecule has 2 aliphatic rings. The van der Waals surface area contributed by atoms with E-state index in [2.05, 4.69) is 30.1 Å². The van der Waals surface area contributed by atoms with Crippen molar-refractivity contribution in [3.63, 3.8) is 0 Å². The number of rotatable bonds is 2. The van der Waals surface area contributed by atoms with Crippen LogP contribution in [0.5, 0.6) is 5.75 Å². The Balaban J connectivity index is 0.000000753. The smallest absolute Gasteiger partial charge is 0.130 e. The molecule has 4 rings (SSSR count). The van der Waals surface area contributed by atoms with E-state index in [1.54, 1.807) is 7.11 Å². The number of benzene rings is 1. The van der Waals surface area contributed by atoms with Crippen LogP contribution in [0.2, 0.25) is 0 Å². The minimum absolute atomic E-state index is 0.335. The second kappa shape index (κ2) is 6.12. The Morgan fingerprint density at radius 3 is 2.74 bits per heavy atom. The average Bonchev–Trinajstić information content (AvgIpc) is 3.30. The third kappa shape index (κ3) is 2.72. The van der Waals surface area contributed by atoms with Gasteiger partial charge in [-0.2, -0.15) is 0 Å². The van der Waals surface area contributed by atoms with Gasteiger partial charge in [0.25, 0.3) is 0 Å². The molecule has 2 fully saturated rings. The summed E-state index contributed by atoms with van der Waals surface area (Å²) < 4.78 is 11.3. The van der Waals surface area contributed by atoms with E-state index in [0.29, 0.717) is 17.4 Å². The molecule has 3 heteroatoms. The second-order valence-electron chi connectivity index (χ2n) is 6.60. The number of ether oxygens (including phenoxy) is 2. The normalized spacial score (nSPS) is 28.6. The predicted octanol–water partition coefficient (Wildman–Crippen LogP) is 4.64. The van der Waals surface area contributed by atoms with E-state index in [-0.39, 0.29) is 0 Å². The van der Waals surface area contributed by atoms with Crippen molar-refractivity contribution in [1.29, 1.82) is 0 Å². The Morgan fingerprint density at radius 2 is 2.00 bits per heavy atom. The van der Waals surface area contributed by atoms with Crippen molar-refractivity contribution in [3.05, 3.63) is 35.5 Å². The molecule has 23 heavy (non-hydrogen) atoms. The van der Waals surface area contributed by atoms with E-state index in [4.69, 9.17) is 9.47 Å². The van der Waals surface area contributed by atoms with Crippen LogP contribution in [0.3, 0.4) is 0 Å². The number of aromatic nitrogens is 1. The minimum Gasteiger partial charge on any atom is -0.496 e. The summed E-state index contributed by atoms with van der Waals surface area (Å²) in [5, 5.41) is 1.12. The van der Waals surface area contributed by atoms with Crippen molar-refractivity contribution in [2.75, 3.05) is 13.7 Å². The molecule has 3 nitrogen and oxygen atoms in total. The van der Waals surface area contributed by atoms with E-state index >= 15 is 0 Å². The first-order chi connectivity index (χ1) is 11.1. The fourth-order valence-corrected chi connectivity index (χ4v) is 3.97. The summed E-state index contributed by atoms with van der Waals surface area (Å²) in [5.41, 5.74) is 3.78. The van der Waals surface area contributed by atoms with E-state index in [1.165, 1.54) is 12.0 Å². The quantitative estimate of drug-likeness (QED) is 0.809. The van der Waals surface area contributed by atoms with Gasteiger partial charge in [-0.1, -0.05) is 19.9 Å². The lowest BCUT2D eigenvalue weighted by Crippen LogP contribution is -2.27. The first kappa shape index (κ1) is 16.3. The maximum Gasteiger partial charge on any atom is 0.130 e. The zero-order valence-corrected chi connectivity index (χ0v) is 14.8. The Hall–Kier alpha value is -1.61. The number of pyridine rings is 1. The van der Waals surface area contributed by atoms with Gasteiger partial charge in [0, 0.05) is 22.6 Å². The van der Waals surface area contributed by atoms with E-state index in [9.17, 15) is 0 Å². The minimum atomic E-state index is 0.335. The van der Waals surface area contributed by atoms with Crippen LogP contribution >= 0.6 is 0 Å². The molecule has 0 N–H and O–H groups in total. The number of methoxy groups -OCH3 is 1. The van der Waals surface area contributed by atoms with Crippen molar-refractivity contribution in [3.8, 4) is 5.75 Å². The van der Waals surface area contributed by atoms with Crippen LogP contribution in [0.4, 0.5) is 0 Å². The predicted molar refractivity (Wildman–Crippen MR) is 94.2 cm³/mol. The summed E-state index contributed by atoms with van der Waals surface area (Å²) in [6.45, 7) is 9.09. The van der Waals surface area contributed by atoms with E-state index in [1.807, 2.05) is 26.8 Å². The Kier molecular flexibility index (Phi) is 4.33. The topological polar surface area (TPSA) is 31.4 Å². The van der Waals surface area contributed by atoms with Gasteiger partial charge in [0.1, 0.15) is 5.75 Å². The summed E-state index contributed by atoms with van der Waals surface area (Å²) >= 11 is 0. The van der Waals surface area contributed by atoms with Gasteiger partial charge in [-0.25, -0.2) is 0 Å². The molecule has 0 spiro atoms. The number of aryl methyl sites for hydroxylation is 1. The molecule has 1 aromatic carbocycles.